The molecule has 148 valence electrons. The molecule has 2 amide bonds. The largest absolute Gasteiger partial charge is 0.352 e. The number of nitrogens with zero attached hydrogens (tertiary/aromatic N) is 1. The van der Waals surface area contributed by atoms with Crippen LogP contribution in [0.2, 0.25) is 5.02 Å². The number of carbonyl (C=O) groups is 2. The predicted molar refractivity (Wildman–Crippen MR) is 116 cm³/mol. The number of hydrogen-bond acceptors (Lipinski definition) is 2. The molecule has 0 heterocycles. The van der Waals surface area contributed by atoms with E-state index in [0.717, 1.165) is 11.1 Å². The van der Waals surface area contributed by atoms with E-state index in [1.165, 1.54) is 0 Å². The molecule has 1 N–H and O–H groups in total. The van der Waals surface area contributed by atoms with Gasteiger partial charge in [-0.3, -0.25) is 9.59 Å². The van der Waals surface area contributed by atoms with E-state index in [1.54, 1.807) is 24.3 Å². The van der Waals surface area contributed by atoms with Crippen LogP contribution in [-0.2, 0) is 17.9 Å². The number of carbonyl (C=O) groups excluding carboxylic acids is 2. The SMILES string of the molecule is O=C(NCCC(=O)N(Cc1ccccc1)Cc1ccccc1)c1ccc(Cl)cc1. The van der Waals surface area contributed by atoms with Gasteiger partial charge >= 0.3 is 0 Å². The smallest absolute Gasteiger partial charge is 0.251 e. The Bertz CT molecular complexity index is 887. The van der Waals surface area contributed by atoms with Gasteiger partial charge in [0.1, 0.15) is 0 Å². The molecule has 5 heteroatoms. The van der Waals surface area contributed by atoms with E-state index in [2.05, 4.69) is 5.32 Å². The van der Waals surface area contributed by atoms with Gasteiger partial charge in [-0.1, -0.05) is 72.3 Å². The molecule has 3 aromatic carbocycles. The Hall–Kier alpha value is -3.11. The normalized spacial score (nSPS) is 10.4. The van der Waals surface area contributed by atoms with Crippen LogP contribution in [-0.4, -0.2) is 23.3 Å². The first-order valence-electron chi connectivity index (χ1n) is 9.51. The van der Waals surface area contributed by atoms with Crippen molar-refractivity contribution in [3.63, 3.8) is 0 Å². The first-order chi connectivity index (χ1) is 14.1. The van der Waals surface area contributed by atoms with E-state index < -0.39 is 0 Å². The summed E-state index contributed by atoms with van der Waals surface area (Å²) in [6.07, 6.45) is 0.235. The van der Waals surface area contributed by atoms with Gasteiger partial charge < -0.3 is 10.2 Å². The first-order valence-corrected chi connectivity index (χ1v) is 9.89. The molecule has 0 spiro atoms. The van der Waals surface area contributed by atoms with Crippen LogP contribution in [0.3, 0.4) is 0 Å². The van der Waals surface area contributed by atoms with Gasteiger partial charge in [0.05, 0.1) is 0 Å². The minimum atomic E-state index is -0.216. The Labute approximate surface area is 176 Å². The van der Waals surface area contributed by atoms with Gasteiger partial charge in [-0.05, 0) is 35.4 Å². The van der Waals surface area contributed by atoms with E-state index in [0.29, 0.717) is 23.7 Å². The molecule has 29 heavy (non-hydrogen) atoms. The molecule has 0 saturated heterocycles. The van der Waals surface area contributed by atoms with Crippen molar-refractivity contribution in [2.45, 2.75) is 19.5 Å². The summed E-state index contributed by atoms with van der Waals surface area (Å²) in [5, 5.41) is 3.38. The van der Waals surface area contributed by atoms with Crippen LogP contribution in [0.1, 0.15) is 27.9 Å². The Morgan fingerprint density at radius 3 is 1.79 bits per heavy atom. The van der Waals surface area contributed by atoms with Gasteiger partial charge in [0.2, 0.25) is 5.91 Å². The first kappa shape index (κ1) is 20.6. The number of benzene rings is 3. The fourth-order valence-electron chi connectivity index (χ4n) is 2.98. The van der Waals surface area contributed by atoms with Crippen molar-refractivity contribution in [1.29, 1.82) is 0 Å². The van der Waals surface area contributed by atoms with Crippen LogP contribution in [0.15, 0.2) is 84.9 Å². The van der Waals surface area contributed by atoms with E-state index in [9.17, 15) is 9.59 Å². The van der Waals surface area contributed by atoms with Crippen molar-refractivity contribution in [3.05, 3.63) is 107 Å². The van der Waals surface area contributed by atoms with Crippen LogP contribution in [0, 0.1) is 0 Å². The van der Waals surface area contributed by atoms with Gasteiger partial charge in [0.25, 0.3) is 5.91 Å². The summed E-state index contributed by atoms with van der Waals surface area (Å²) in [6, 6.07) is 26.5. The number of halogens is 1. The zero-order valence-electron chi connectivity index (χ0n) is 16.1. The Morgan fingerprint density at radius 2 is 1.28 bits per heavy atom. The summed E-state index contributed by atoms with van der Waals surface area (Å²) in [4.78, 5) is 26.9. The lowest BCUT2D eigenvalue weighted by atomic mass is 10.1. The van der Waals surface area contributed by atoms with Gasteiger partial charge in [-0.2, -0.15) is 0 Å². The van der Waals surface area contributed by atoms with Crippen molar-refractivity contribution in [1.82, 2.24) is 10.2 Å². The topological polar surface area (TPSA) is 49.4 Å². The van der Waals surface area contributed by atoms with Crippen LogP contribution in [0.25, 0.3) is 0 Å². The number of nitrogens with one attached hydrogen (secondary N) is 1. The quantitative estimate of drug-likeness (QED) is 0.590. The Morgan fingerprint density at radius 1 is 0.759 bits per heavy atom. The minimum Gasteiger partial charge on any atom is -0.352 e. The Kier molecular flexibility index (Phi) is 7.42. The highest BCUT2D eigenvalue weighted by molar-refractivity contribution is 6.30. The third-order valence-corrected chi connectivity index (χ3v) is 4.77. The van der Waals surface area contributed by atoms with Crippen molar-refractivity contribution in [2.75, 3.05) is 6.54 Å². The molecule has 3 aromatic rings. The summed E-state index contributed by atoms with van der Waals surface area (Å²) in [7, 11) is 0. The van der Waals surface area contributed by atoms with E-state index in [-0.39, 0.29) is 24.8 Å². The lowest BCUT2D eigenvalue weighted by molar-refractivity contribution is -0.132. The van der Waals surface area contributed by atoms with Crippen molar-refractivity contribution in [3.8, 4) is 0 Å². The van der Waals surface area contributed by atoms with Crippen molar-refractivity contribution < 1.29 is 9.59 Å². The van der Waals surface area contributed by atoms with Crippen LogP contribution < -0.4 is 5.32 Å². The molecule has 0 unspecified atom stereocenters. The average Bonchev–Trinajstić information content (AvgIpc) is 2.75. The highest BCUT2D eigenvalue weighted by atomic mass is 35.5. The van der Waals surface area contributed by atoms with E-state index >= 15 is 0 Å². The zero-order chi connectivity index (χ0) is 20.5. The summed E-state index contributed by atoms with van der Waals surface area (Å²) < 4.78 is 0. The van der Waals surface area contributed by atoms with Gasteiger partial charge in [0, 0.05) is 36.6 Å². The second-order valence-corrected chi connectivity index (χ2v) is 7.17. The maximum Gasteiger partial charge on any atom is 0.251 e. The van der Waals surface area contributed by atoms with Crippen molar-refractivity contribution >= 4 is 23.4 Å². The van der Waals surface area contributed by atoms with Gasteiger partial charge in [-0.15, -0.1) is 0 Å². The number of rotatable bonds is 8. The maximum absolute atomic E-state index is 12.9. The monoisotopic (exact) mass is 406 g/mol. The molecule has 0 bridgehead atoms. The molecule has 0 saturated carbocycles. The van der Waals surface area contributed by atoms with Crippen LogP contribution >= 0.6 is 11.6 Å². The fourth-order valence-corrected chi connectivity index (χ4v) is 3.11. The van der Waals surface area contributed by atoms with E-state index in [4.69, 9.17) is 11.6 Å². The molecule has 0 aliphatic rings. The number of hydrogen-bond donors (Lipinski definition) is 1. The molecule has 0 aliphatic heterocycles. The second-order valence-electron chi connectivity index (χ2n) is 6.73. The minimum absolute atomic E-state index is 0.00545. The summed E-state index contributed by atoms with van der Waals surface area (Å²) >= 11 is 5.85. The highest BCUT2D eigenvalue weighted by Crippen LogP contribution is 2.12. The zero-order valence-corrected chi connectivity index (χ0v) is 16.8. The summed E-state index contributed by atoms with van der Waals surface area (Å²) in [5.74, 6) is -0.221. The summed E-state index contributed by atoms with van der Waals surface area (Å²) in [5.41, 5.74) is 2.66. The maximum atomic E-state index is 12.9. The molecule has 0 aromatic heterocycles. The lowest BCUT2D eigenvalue weighted by Gasteiger charge is -2.23. The molecule has 0 fully saturated rings. The predicted octanol–water partition coefficient (Wildman–Crippen LogP) is 4.69. The summed E-state index contributed by atoms with van der Waals surface area (Å²) in [6.45, 7) is 1.33. The van der Waals surface area contributed by atoms with Crippen molar-refractivity contribution in [2.24, 2.45) is 0 Å². The average molecular weight is 407 g/mol. The molecule has 0 atom stereocenters. The third kappa shape index (κ3) is 6.47. The van der Waals surface area contributed by atoms with Gasteiger partial charge in [-0.25, -0.2) is 0 Å². The Balaban J connectivity index is 1.59. The highest BCUT2D eigenvalue weighted by Gasteiger charge is 2.15. The molecular formula is C24H23ClN2O2. The van der Waals surface area contributed by atoms with Crippen LogP contribution in [0.5, 0.6) is 0 Å². The molecular weight excluding hydrogens is 384 g/mol. The molecule has 0 radical (unpaired) electrons. The second kappa shape index (κ2) is 10.4. The standard InChI is InChI=1S/C24H23ClN2O2/c25-22-13-11-21(12-14-22)24(29)26-16-15-23(28)27(17-19-7-3-1-4-8-19)18-20-9-5-2-6-10-20/h1-14H,15-18H2,(H,26,29). The van der Waals surface area contributed by atoms with Crippen LogP contribution in [0.4, 0.5) is 0 Å². The van der Waals surface area contributed by atoms with E-state index in [1.807, 2.05) is 65.6 Å². The third-order valence-electron chi connectivity index (χ3n) is 4.52. The fraction of sp³-hybridized carbons (Fsp3) is 0.167. The molecule has 3 rings (SSSR count). The molecule has 4 nitrogen and oxygen atoms in total. The van der Waals surface area contributed by atoms with Gasteiger partial charge in [0.15, 0.2) is 0 Å². The molecule has 0 aliphatic carbocycles. The number of amides is 2. The lowest BCUT2D eigenvalue weighted by Crippen LogP contribution is -2.34.